The molecule has 0 atom stereocenters. The molecule has 0 fully saturated rings. The molecule has 7 aromatic carbocycles. The quantitative estimate of drug-likeness (QED) is 0.0418. The number of hydrogen-bond acceptors (Lipinski definition) is 4. The Morgan fingerprint density at radius 1 is 0.228 bits per heavy atom. The number of hydrogen-bond donors (Lipinski definition) is 0. The molecular formula is C52H16F34N2O4. The van der Waals surface area contributed by atoms with Crippen molar-refractivity contribution in [1.82, 2.24) is 0 Å². The van der Waals surface area contributed by atoms with E-state index in [4.69, 9.17) is 0 Å². The zero-order valence-corrected chi connectivity index (χ0v) is 42.6. The van der Waals surface area contributed by atoms with E-state index in [0.29, 0.717) is 24.3 Å². The first-order valence-electron chi connectivity index (χ1n) is 23.9. The Kier molecular flexibility index (Phi) is 14.2. The second-order valence-electron chi connectivity index (χ2n) is 20.1. The summed E-state index contributed by atoms with van der Waals surface area (Å²) in [6.45, 7) is 0. The first-order chi connectivity index (χ1) is 41.3. The molecule has 92 heavy (non-hydrogen) atoms. The first-order valence-corrected chi connectivity index (χ1v) is 23.9. The van der Waals surface area contributed by atoms with Crippen molar-refractivity contribution in [3.63, 3.8) is 0 Å². The van der Waals surface area contributed by atoms with E-state index in [9.17, 15) is 98.2 Å². The first kappa shape index (κ1) is 68.1. The van der Waals surface area contributed by atoms with E-state index in [-0.39, 0.29) is 34.1 Å². The summed E-state index contributed by atoms with van der Waals surface area (Å²) >= 11 is 0. The molecule has 0 saturated heterocycles. The van der Waals surface area contributed by atoms with Gasteiger partial charge in [0.2, 0.25) is 0 Å². The van der Waals surface area contributed by atoms with Crippen molar-refractivity contribution in [2.45, 2.75) is 95.3 Å². The summed E-state index contributed by atoms with van der Waals surface area (Å²) in [7, 11) is 0. The smallest absolute Gasteiger partial charge is 0.268 e. The number of fused-ring (bicyclic) bond motifs is 2. The average Bonchev–Trinajstić information content (AvgIpc) is 0.674. The number of amides is 4. The van der Waals surface area contributed by atoms with Gasteiger partial charge in [-0.15, -0.1) is 0 Å². The number of carbonyl (C=O) groups is 4. The normalized spacial score (nSPS) is 16.4. The third-order valence-corrected chi connectivity index (χ3v) is 15.0. The lowest BCUT2D eigenvalue weighted by atomic mass is 9.76. The van der Waals surface area contributed by atoms with E-state index in [0.717, 1.165) is 36.4 Å². The van der Waals surface area contributed by atoms with Gasteiger partial charge in [0, 0.05) is 54.9 Å². The fraction of sp³-hybridized carbons (Fsp3) is 0.308. The number of alkyl halides is 34. The van der Waals surface area contributed by atoms with E-state index in [2.05, 4.69) is 0 Å². The number of nitrogens with zero attached hydrogens (tertiary/aromatic N) is 2. The van der Waals surface area contributed by atoms with E-state index < -0.39 is 219 Å². The second-order valence-corrected chi connectivity index (χ2v) is 20.1. The van der Waals surface area contributed by atoms with Crippen LogP contribution in [0.4, 0.5) is 161 Å². The maximum atomic E-state index is 17.4. The highest BCUT2D eigenvalue weighted by atomic mass is 19.4. The molecule has 6 nitrogen and oxygen atoms in total. The Labute approximate surface area is 481 Å². The van der Waals surface area contributed by atoms with Crippen LogP contribution in [-0.2, 0) is 11.8 Å². The van der Waals surface area contributed by atoms with Crippen LogP contribution in [0.2, 0.25) is 0 Å². The standard InChI is InChI=1S/C52H16F34N2O4/c53-37(54,39(57,58)41(61,62)43(65,66)45(69,70)47(73,74)49(77,78)51(81,82)83)25-15-23-27-21(33(89)87(35(23)91)17-7-3-1-4-8-17)13-11-19-30-26(38(55,56)40(59,60)42(63,64)44(67,68)46(71,72)48(75,76)50(79,80)52(84,85)86)16-24-28-22(14-12-20(32(28)30)29(25)31(19)27)34(90)88(36(24)92)18-9-5-2-6-10-18/h1-16H. The molecular weight excluding hydrogens is 1360 g/mol. The summed E-state index contributed by atoms with van der Waals surface area (Å²) in [6.07, 6.45) is -16.5. The highest BCUT2D eigenvalue weighted by molar-refractivity contribution is 6.46. The van der Waals surface area contributed by atoms with Crippen LogP contribution in [0.5, 0.6) is 0 Å². The molecule has 4 amide bonds. The molecule has 496 valence electrons. The van der Waals surface area contributed by atoms with Gasteiger partial charge in [-0.2, -0.15) is 149 Å². The van der Waals surface area contributed by atoms with E-state index in [1.165, 1.54) is 0 Å². The largest absolute Gasteiger partial charge is 0.460 e. The van der Waals surface area contributed by atoms with Gasteiger partial charge in [0.05, 0.1) is 11.4 Å². The maximum absolute atomic E-state index is 17.4. The van der Waals surface area contributed by atoms with Crippen LogP contribution >= 0.6 is 0 Å². The molecule has 9 rings (SSSR count). The molecule has 7 aromatic rings. The van der Waals surface area contributed by atoms with Gasteiger partial charge in [-0.25, -0.2) is 9.80 Å². The molecule has 2 aliphatic rings. The van der Waals surface area contributed by atoms with Gasteiger partial charge < -0.3 is 0 Å². The van der Waals surface area contributed by atoms with Crippen molar-refractivity contribution < 1.29 is 168 Å². The lowest BCUT2D eigenvalue weighted by Gasteiger charge is -2.43. The van der Waals surface area contributed by atoms with Gasteiger partial charge in [0.15, 0.2) is 0 Å². The van der Waals surface area contributed by atoms with Gasteiger partial charge in [-0.1, -0.05) is 48.5 Å². The van der Waals surface area contributed by atoms with Crippen LogP contribution in [-0.4, -0.2) is 107 Å². The molecule has 0 aromatic heterocycles. The zero-order valence-electron chi connectivity index (χ0n) is 42.6. The molecule has 0 aliphatic carbocycles. The summed E-state index contributed by atoms with van der Waals surface area (Å²) in [5.41, 5.74) is -15.8. The van der Waals surface area contributed by atoms with Crippen molar-refractivity contribution >= 4 is 78.1 Å². The van der Waals surface area contributed by atoms with Gasteiger partial charge in [-0.05, 0) is 70.1 Å². The van der Waals surface area contributed by atoms with Crippen LogP contribution in [0.15, 0.2) is 97.1 Å². The number of carbonyl (C=O) groups excluding carboxylic acids is 4. The summed E-state index contributed by atoms with van der Waals surface area (Å²) in [4.78, 5) is 56.9. The topological polar surface area (TPSA) is 74.8 Å². The van der Waals surface area contributed by atoms with E-state index in [1.807, 2.05) is 0 Å². The summed E-state index contributed by atoms with van der Waals surface area (Å²) in [5, 5.41) is -17.3. The van der Waals surface area contributed by atoms with Crippen molar-refractivity contribution in [2.24, 2.45) is 0 Å². The number of anilines is 2. The SMILES string of the molecule is O=C1c2ccc3c4c(C(F)(F)C(F)(F)C(F)(F)C(F)(F)C(F)(F)C(F)(F)C(F)(F)C(F)(F)F)cc5c6c(ccc(c7c(C(F)(F)C(F)(F)C(F)(F)C(F)(F)C(F)(F)C(F)(F)C(F)(F)C(F)(F)F)cc(c2c37)C(=O)N1c1ccccc1)c64)C(=O)N(c1ccccc1)C5=O. The van der Waals surface area contributed by atoms with Crippen molar-refractivity contribution in [3.05, 3.63) is 130 Å². The molecule has 0 N–H and O–H groups in total. The summed E-state index contributed by atoms with van der Waals surface area (Å²) in [5.74, 6) is -134. The van der Waals surface area contributed by atoms with Crippen molar-refractivity contribution in [2.75, 3.05) is 9.80 Å². The molecule has 0 bridgehead atoms. The van der Waals surface area contributed by atoms with Crippen LogP contribution in [0.1, 0.15) is 52.6 Å². The molecule has 0 unspecified atom stereocenters. The van der Waals surface area contributed by atoms with Crippen molar-refractivity contribution in [3.8, 4) is 0 Å². The highest BCUT2D eigenvalue weighted by Gasteiger charge is 2.97. The number of benzene rings is 7. The lowest BCUT2D eigenvalue weighted by Crippen LogP contribution is -2.74. The fourth-order valence-electron chi connectivity index (χ4n) is 10.3. The van der Waals surface area contributed by atoms with Crippen molar-refractivity contribution in [1.29, 1.82) is 0 Å². The van der Waals surface area contributed by atoms with Crippen LogP contribution in [0, 0.1) is 0 Å². The molecule has 0 saturated carbocycles. The number of halogens is 34. The maximum Gasteiger partial charge on any atom is 0.460 e. The van der Waals surface area contributed by atoms with E-state index >= 15 is 70.2 Å². The minimum Gasteiger partial charge on any atom is -0.268 e. The monoisotopic (exact) mass is 1380 g/mol. The zero-order chi connectivity index (χ0) is 70.0. The Morgan fingerprint density at radius 2 is 0.457 bits per heavy atom. The molecule has 2 aliphatic heterocycles. The Hall–Kier alpha value is -8.26. The summed E-state index contributed by atoms with van der Waals surface area (Å²) < 4.78 is 510. The number of imide groups is 2. The minimum absolute atomic E-state index is 0.0515. The van der Waals surface area contributed by atoms with Crippen LogP contribution in [0.3, 0.4) is 0 Å². The molecule has 40 heteroatoms. The van der Waals surface area contributed by atoms with Gasteiger partial charge in [-0.3, -0.25) is 19.2 Å². The lowest BCUT2D eigenvalue weighted by molar-refractivity contribution is -0.462. The van der Waals surface area contributed by atoms with Gasteiger partial charge in [0.25, 0.3) is 23.6 Å². The molecule has 2 heterocycles. The Morgan fingerprint density at radius 3 is 0.707 bits per heavy atom. The van der Waals surface area contributed by atoms with Crippen LogP contribution < -0.4 is 9.80 Å². The third kappa shape index (κ3) is 7.90. The predicted molar refractivity (Wildman–Crippen MR) is 242 cm³/mol. The van der Waals surface area contributed by atoms with Gasteiger partial charge >= 0.3 is 95.3 Å². The fourth-order valence-corrected chi connectivity index (χ4v) is 10.3. The van der Waals surface area contributed by atoms with E-state index in [1.54, 1.807) is 0 Å². The van der Waals surface area contributed by atoms with Crippen LogP contribution in [0.25, 0.3) is 43.1 Å². The second kappa shape index (κ2) is 19.2. The molecule has 0 spiro atoms. The Balaban J connectivity index is 1.47. The average molecular weight is 1380 g/mol. The van der Waals surface area contributed by atoms with Gasteiger partial charge in [0.1, 0.15) is 0 Å². The minimum atomic E-state index is -9.40. The molecule has 0 radical (unpaired) electrons. The predicted octanol–water partition coefficient (Wildman–Crippen LogP) is 18.3. The Bertz CT molecular complexity index is 4000. The third-order valence-electron chi connectivity index (χ3n) is 15.0. The number of para-hydroxylation sites is 2. The highest BCUT2D eigenvalue weighted by Crippen LogP contribution is 2.69. The number of rotatable bonds is 16. The summed E-state index contributed by atoms with van der Waals surface area (Å²) in [6, 6.07) is 6.14.